The van der Waals surface area contributed by atoms with Crippen molar-refractivity contribution in [2.75, 3.05) is 27.2 Å². The van der Waals surface area contributed by atoms with Crippen molar-refractivity contribution in [3.63, 3.8) is 0 Å². The van der Waals surface area contributed by atoms with Gasteiger partial charge in [-0.3, -0.25) is 0 Å². The minimum absolute atomic E-state index is 0.0189. The van der Waals surface area contributed by atoms with Gasteiger partial charge in [-0.25, -0.2) is 8.42 Å². The highest BCUT2D eigenvalue weighted by Crippen LogP contribution is 2.34. The monoisotopic (exact) mass is 312 g/mol. The first-order chi connectivity index (χ1) is 9.91. The molecule has 0 radical (unpaired) electrons. The molecule has 21 heavy (non-hydrogen) atoms. The molecule has 6 heteroatoms. The van der Waals surface area contributed by atoms with Gasteiger partial charge in [-0.1, -0.05) is 6.07 Å². The largest absolute Gasteiger partial charge is 0.495 e. The zero-order valence-electron chi connectivity index (χ0n) is 13.1. The maximum Gasteiger partial charge on any atom is 0.247 e. The third-order valence-electron chi connectivity index (χ3n) is 3.93. The first-order valence-corrected chi connectivity index (χ1v) is 8.67. The van der Waals surface area contributed by atoms with E-state index in [2.05, 4.69) is 5.32 Å². The quantitative estimate of drug-likeness (QED) is 0.899. The molecule has 0 saturated carbocycles. The van der Waals surface area contributed by atoms with Crippen molar-refractivity contribution >= 4 is 10.0 Å². The fourth-order valence-corrected chi connectivity index (χ4v) is 5.12. The molecule has 118 valence electrons. The summed E-state index contributed by atoms with van der Waals surface area (Å²) in [5.74, 6) is 0.433. The Kier molecular flexibility index (Phi) is 4.91. The summed E-state index contributed by atoms with van der Waals surface area (Å²) < 4.78 is 33.0. The van der Waals surface area contributed by atoms with Crippen molar-refractivity contribution in [1.82, 2.24) is 9.62 Å². The first-order valence-electron chi connectivity index (χ1n) is 7.23. The Bertz CT molecular complexity index is 614. The minimum atomic E-state index is -3.53. The molecule has 1 fully saturated rings. The number of methoxy groups -OCH3 is 1. The Morgan fingerprint density at radius 3 is 2.71 bits per heavy atom. The molecule has 1 heterocycles. The van der Waals surface area contributed by atoms with Gasteiger partial charge in [0.15, 0.2) is 0 Å². The lowest BCUT2D eigenvalue weighted by Crippen LogP contribution is -2.41. The molecule has 0 aromatic heterocycles. The van der Waals surface area contributed by atoms with E-state index in [4.69, 9.17) is 4.74 Å². The Labute approximate surface area is 127 Å². The molecule has 1 saturated heterocycles. The molecule has 0 aliphatic carbocycles. The summed E-state index contributed by atoms with van der Waals surface area (Å²) in [5.41, 5.74) is 1.73. The molecule has 1 unspecified atom stereocenters. The second kappa shape index (κ2) is 6.34. The number of benzene rings is 1. The number of rotatable bonds is 5. The number of sulfonamides is 1. The van der Waals surface area contributed by atoms with Gasteiger partial charge in [0, 0.05) is 19.1 Å². The fourth-order valence-electron chi connectivity index (χ4n) is 3.08. The predicted octanol–water partition coefficient (Wildman–Crippen LogP) is 1.68. The van der Waals surface area contributed by atoms with Crippen LogP contribution >= 0.6 is 0 Å². The predicted molar refractivity (Wildman–Crippen MR) is 83.3 cm³/mol. The second-order valence-electron chi connectivity index (χ2n) is 5.58. The van der Waals surface area contributed by atoms with Crippen molar-refractivity contribution in [3.8, 4) is 5.75 Å². The molecule has 0 bridgehead atoms. The molecule has 1 aliphatic heterocycles. The van der Waals surface area contributed by atoms with E-state index < -0.39 is 10.0 Å². The SMILES string of the molecule is CNCC1CCCN1S(=O)(=O)c1c(C)cc(C)cc1OC. The van der Waals surface area contributed by atoms with E-state index in [-0.39, 0.29) is 6.04 Å². The number of likely N-dealkylation sites (N-methyl/N-ethyl adjacent to an activating group) is 1. The summed E-state index contributed by atoms with van der Waals surface area (Å²) in [6.07, 6.45) is 1.80. The highest BCUT2D eigenvalue weighted by molar-refractivity contribution is 7.89. The van der Waals surface area contributed by atoms with Gasteiger partial charge in [0.25, 0.3) is 0 Å². The van der Waals surface area contributed by atoms with Gasteiger partial charge in [0.2, 0.25) is 10.0 Å². The number of nitrogens with zero attached hydrogens (tertiary/aromatic N) is 1. The van der Waals surface area contributed by atoms with Crippen LogP contribution in [0.2, 0.25) is 0 Å². The minimum Gasteiger partial charge on any atom is -0.495 e. The molecule has 1 aromatic carbocycles. The lowest BCUT2D eigenvalue weighted by molar-refractivity contribution is 0.369. The van der Waals surface area contributed by atoms with Crippen LogP contribution in [0.3, 0.4) is 0 Å². The van der Waals surface area contributed by atoms with Gasteiger partial charge in [-0.2, -0.15) is 4.31 Å². The molecule has 0 spiro atoms. The summed E-state index contributed by atoms with van der Waals surface area (Å²) in [5, 5.41) is 3.08. The normalized spacial score (nSPS) is 19.9. The molecule has 5 nitrogen and oxygen atoms in total. The van der Waals surface area contributed by atoms with Gasteiger partial charge in [0.05, 0.1) is 7.11 Å². The second-order valence-corrected chi connectivity index (χ2v) is 7.41. The average Bonchev–Trinajstić information content (AvgIpc) is 2.86. The number of hydrogen-bond donors (Lipinski definition) is 1. The summed E-state index contributed by atoms with van der Waals surface area (Å²) in [6.45, 7) is 5.01. The Morgan fingerprint density at radius 2 is 2.10 bits per heavy atom. The Hall–Kier alpha value is -1.11. The summed E-state index contributed by atoms with van der Waals surface area (Å²) in [6, 6.07) is 3.69. The maximum atomic E-state index is 13.0. The van der Waals surface area contributed by atoms with E-state index >= 15 is 0 Å². The number of nitrogens with one attached hydrogen (secondary N) is 1. The average molecular weight is 312 g/mol. The van der Waals surface area contributed by atoms with Gasteiger partial charge >= 0.3 is 0 Å². The summed E-state index contributed by atoms with van der Waals surface area (Å²) in [7, 11) is -0.168. The highest BCUT2D eigenvalue weighted by atomic mass is 32.2. The zero-order chi connectivity index (χ0) is 15.6. The third-order valence-corrected chi connectivity index (χ3v) is 6.07. The van der Waals surface area contributed by atoms with E-state index in [1.54, 1.807) is 10.4 Å². The van der Waals surface area contributed by atoms with Crippen LogP contribution in [0.1, 0.15) is 24.0 Å². The van der Waals surface area contributed by atoms with Crippen LogP contribution in [-0.2, 0) is 10.0 Å². The molecule has 1 N–H and O–H groups in total. The van der Waals surface area contributed by atoms with E-state index in [0.29, 0.717) is 23.7 Å². The van der Waals surface area contributed by atoms with E-state index in [0.717, 1.165) is 24.0 Å². The smallest absolute Gasteiger partial charge is 0.247 e. The molecule has 1 aliphatic rings. The van der Waals surface area contributed by atoms with Crippen LogP contribution in [0.5, 0.6) is 5.75 Å². The van der Waals surface area contributed by atoms with Gasteiger partial charge < -0.3 is 10.1 Å². The van der Waals surface area contributed by atoms with Crippen molar-refractivity contribution in [2.45, 2.75) is 37.6 Å². The molecular formula is C15H24N2O3S. The van der Waals surface area contributed by atoms with Gasteiger partial charge in [-0.05, 0) is 50.9 Å². The fraction of sp³-hybridized carbons (Fsp3) is 0.600. The van der Waals surface area contributed by atoms with Crippen LogP contribution in [0.4, 0.5) is 0 Å². The van der Waals surface area contributed by atoms with Crippen LogP contribution in [0.15, 0.2) is 17.0 Å². The van der Waals surface area contributed by atoms with Crippen LogP contribution in [0, 0.1) is 13.8 Å². The number of aryl methyl sites for hydroxylation is 2. The summed E-state index contributed by atoms with van der Waals surface area (Å²) >= 11 is 0. The van der Waals surface area contributed by atoms with Gasteiger partial charge in [0.1, 0.15) is 10.6 Å². The molecule has 1 aromatic rings. The third kappa shape index (κ3) is 3.07. The maximum absolute atomic E-state index is 13.0. The van der Waals surface area contributed by atoms with Crippen LogP contribution < -0.4 is 10.1 Å². The van der Waals surface area contributed by atoms with E-state index in [1.807, 2.05) is 27.0 Å². The van der Waals surface area contributed by atoms with E-state index in [9.17, 15) is 8.42 Å². The molecule has 2 rings (SSSR count). The standard InChI is InChI=1S/C15H24N2O3S/c1-11-8-12(2)15(14(9-11)20-4)21(18,19)17-7-5-6-13(17)10-16-3/h8-9,13,16H,5-7,10H2,1-4H3. The zero-order valence-corrected chi connectivity index (χ0v) is 14.0. The van der Waals surface area contributed by atoms with Crippen molar-refractivity contribution in [1.29, 1.82) is 0 Å². The Morgan fingerprint density at radius 1 is 1.38 bits per heavy atom. The molecule has 1 atom stereocenters. The summed E-state index contributed by atoms with van der Waals surface area (Å²) in [4.78, 5) is 0.304. The van der Waals surface area contributed by atoms with Crippen molar-refractivity contribution in [2.24, 2.45) is 0 Å². The molecular weight excluding hydrogens is 288 g/mol. The van der Waals surface area contributed by atoms with E-state index in [1.165, 1.54) is 7.11 Å². The van der Waals surface area contributed by atoms with Crippen LogP contribution in [0.25, 0.3) is 0 Å². The van der Waals surface area contributed by atoms with Crippen molar-refractivity contribution < 1.29 is 13.2 Å². The molecule has 0 amide bonds. The number of ether oxygens (including phenoxy) is 1. The highest BCUT2D eigenvalue weighted by Gasteiger charge is 2.37. The Balaban J connectivity index is 2.49. The lowest BCUT2D eigenvalue weighted by Gasteiger charge is -2.25. The topological polar surface area (TPSA) is 58.6 Å². The van der Waals surface area contributed by atoms with Crippen molar-refractivity contribution in [3.05, 3.63) is 23.3 Å². The lowest BCUT2D eigenvalue weighted by atomic mass is 10.1. The number of hydrogen-bond acceptors (Lipinski definition) is 4. The van der Waals surface area contributed by atoms with Gasteiger partial charge in [-0.15, -0.1) is 0 Å². The first kappa shape index (κ1) is 16.3. The van der Waals surface area contributed by atoms with Crippen LogP contribution in [-0.4, -0.2) is 46.0 Å².